The van der Waals surface area contributed by atoms with Gasteiger partial charge in [0.25, 0.3) is 0 Å². The molecule has 3 rings (SSSR count). The first kappa shape index (κ1) is 27.1. The number of aryl methyl sites for hydroxylation is 3. The SMILES string of the molecule is CCCCN(CCCC)CCCn1c(COc2ccc(C)cc2C)nc2cc(C(F)(F)F)ccc21. The zero-order valence-corrected chi connectivity index (χ0v) is 21.4. The molecule has 0 aliphatic rings. The Balaban J connectivity index is 1.82. The number of benzene rings is 2. The summed E-state index contributed by atoms with van der Waals surface area (Å²) in [5.74, 6) is 1.41. The lowest BCUT2D eigenvalue weighted by atomic mass is 10.1. The minimum absolute atomic E-state index is 0.204. The maximum atomic E-state index is 13.3. The molecule has 7 heteroatoms. The molecule has 0 radical (unpaired) electrons. The number of fused-ring (bicyclic) bond motifs is 1. The molecule has 0 bridgehead atoms. The first-order chi connectivity index (χ1) is 16.7. The van der Waals surface area contributed by atoms with Crippen molar-refractivity contribution in [3.05, 3.63) is 58.9 Å². The molecule has 4 nitrogen and oxygen atoms in total. The molecule has 0 saturated heterocycles. The van der Waals surface area contributed by atoms with Gasteiger partial charge in [0.05, 0.1) is 16.6 Å². The summed E-state index contributed by atoms with van der Waals surface area (Å²) >= 11 is 0. The molecule has 0 aliphatic heterocycles. The second kappa shape index (κ2) is 12.4. The summed E-state index contributed by atoms with van der Waals surface area (Å²) in [4.78, 5) is 7.07. The predicted octanol–water partition coefficient (Wildman–Crippen LogP) is 7.54. The summed E-state index contributed by atoms with van der Waals surface area (Å²) in [7, 11) is 0. The van der Waals surface area contributed by atoms with E-state index in [4.69, 9.17) is 4.74 Å². The Morgan fingerprint density at radius 1 is 0.914 bits per heavy atom. The smallest absolute Gasteiger partial charge is 0.416 e. The van der Waals surface area contributed by atoms with Gasteiger partial charge < -0.3 is 14.2 Å². The quantitative estimate of drug-likeness (QED) is 0.248. The monoisotopic (exact) mass is 489 g/mol. The van der Waals surface area contributed by atoms with Crippen LogP contribution in [-0.2, 0) is 19.3 Å². The van der Waals surface area contributed by atoms with Crippen LogP contribution in [-0.4, -0.2) is 34.1 Å². The van der Waals surface area contributed by atoms with Crippen molar-refractivity contribution in [2.24, 2.45) is 0 Å². The van der Waals surface area contributed by atoms with Crippen molar-refractivity contribution in [1.29, 1.82) is 0 Å². The highest BCUT2D eigenvalue weighted by Gasteiger charge is 2.31. The third-order valence-corrected chi connectivity index (χ3v) is 6.35. The van der Waals surface area contributed by atoms with Gasteiger partial charge in [-0.1, -0.05) is 44.4 Å². The van der Waals surface area contributed by atoms with E-state index in [1.807, 2.05) is 30.5 Å². The highest BCUT2D eigenvalue weighted by Crippen LogP contribution is 2.32. The molecule has 0 spiro atoms. The number of aromatic nitrogens is 2. The first-order valence-electron chi connectivity index (χ1n) is 12.7. The number of imidazole rings is 1. The van der Waals surface area contributed by atoms with E-state index in [1.54, 1.807) is 0 Å². The average Bonchev–Trinajstić information content (AvgIpc) is 3.16. The Morgan fingerprint density at radius 3 is 2.23 bits per heavy atom. The fraction of sp³-hybridized carbons (Fsp3) is 0.536. The van der Waals surface area contributed by atoms with Gasteiger partial charge in [0.15, 0.2) is 0 Å². The van der Waals surface area contributed by atoms with Crippen molar-refractivity contribution in [3.63, 3.8) is 0 Å². The van der Waals surface area contributed by atoms with Crippen molar-refractivity contribution >= 4 is 11.0 Å². The zero-order valence-electron chi connectivity index (χ0n) is 21.4. The molecule has 0 aliphatic carbocycles. The number of alkyl halides is 3. The Labute approximate surface area is 207 Å². The summed E-state index contributed by atoms with van der Waals surface area (Å²) in [5.41, 5.74) is 2.56. The molecule has 0 amide bonds. The van der Waals surface area contributed by atoms with Crippen molar-refractivity contribution in [2.45, 2.75) is 79.1 Å². The van der Waals surface area contributed by atoms with Crippen molar-refractivity contribution in [3.8, 4) is 5.75 Å². The molecule has 0 saturated carbocycles. The van der Waals surface area contributed by atoms with Crippen LogP contribution in [0.5, 0.6) is 5.75 Å². The normalized spacial score (nSPS) is 12.1. The molecular formula is C28H38F3N3O. The average molecular weight is 490 g/mol. The van der Waals surface area contributed by atoms with E-state index in [1.165, 1.54) is 18.9 Å². The second-order valence-corrected chi connectivity index (χ2v) is 9.34. The summed E-state index contributed by atoms with van der Waals surface area (Å²) in [5, 5.41) is 0. The van der Waals surface area contributed by atoms with Gasteiger partial charge >= 0.3 is 6.18 Å². The number of unbranched alkanes of at least 4 members (excludes halogenated alkanes) is 2. The van der Waals surface area contributed by atoms with Gasteiger partial charge in [0.1, 0.15) is 18.2 Å². The lowest BCUT2D eigenvalue weighted by Crippen LogP contribution is -2.28. The van der Waals surface area contributed by atoms with Crippen LogP contribution >= 0.6 is 0 Å². The predicted molar refractivity (Wildman–Crippen MR) is 136 cm³/mol. The summed E-state index contributed by atoms with van der Waals surface area (Å²) in [6, 6.07) is 9.79. The van der Waals surface area contributed by atoms with E-state index in [0.717, 1.165) is 67.9 Å². The molecule has 1 aromatic heterocycles. The van der Waals surface area contributed by atoms with Crippen LogP contribution in [0, 0.1) is 13.8 Å². The first-order valence-corrected chi connectivity index (χ1v) is 12.7. The van der Waals surface area contributed by atoms with Crippen molar-refractivity contribution < 1.29 is 17.9 Å². The Bertz CT molecular complexity index is 1080. The van der Waals surface area contributed by atoms with Crippen LogP contribution in [0.15, 0.2) is 36.4 Å². The largest absolute Gasteiger partial charge is 0.485 e. The maximum absolute atomic E-state index is 13.3. The molecular weight excluding hydrogens is 451 g/mol. The lowest BCUT2D eigenvalue weighted by Gasteiger charge is -2.22. The van der Waals surface area contributed by atoms with E-state index in [9.17, 15) is 13.2 Å². The Hall–Kier alpha value is -2.54. The van der Waals surface area contributed by atoms with Crippen LogP contribution in [0.25, 0.3) is 11.0 Å². The van der Waals surface area contributed by atoms with Gasteiger partial charge in [-0.2, -0.15) is 13.2 Å². The highest BCUT2D eigenvalue weighted by atomic mass is 19.4. The van der Waals surface area contributed by atoms with E-state index in [-0.39, 0.29) is 6.61 Å². The number of hydrogen-bond donors (Lipinski definition) is 0. The van der Waals surface area contributed by atoms with Gasteiger partial charge in [-0.3, -0.25) is 0 Å². The number of hydrogen-bond acceptors (Lipinski definition) is 3. The summed E-state index contributed by atoms with van der Waals surface area (Å²) in [6.45, 7) is 12.4. The maximum Gasteiger partial charge on any atom is 0.416 e. The molecule has 0 unspecified atom stereocenters. The van der Waals surface area contributed by atoms with Crippen LogP contribution < -0.4 is 4.74 Å². The number of halogens is 3. The molecule has 35 heavy (non-hydrogen) atoms. The number of ether oxygens (including phenoxy) is 1. The van der Waals surface area contributed by atoms with E-state index < -0.39 is 11.7 Å². The molecule has 2 aromatic carbocycles. The Kier molecular flexibility index (Phi) is 9.61. The topological polar surface area (TPSA) is 30.3 Å². The van der Waals surface area contributed by atoms with Gasteiger partial charge in [-0.05, 0) is 82.6 Å². The lowest BCUT2D eigenvalue weighted by molar-refractivity contribution is -0.137. The fourth-order valence-electron chi connectivity index (χ4n) is 4.37. The van der Waals surface area contributed by atoms with Gasteiger partial charge in [-0.25, -0.2) is 4.98 Å². The Morgan fingerprint density at radius 2 is 1.60 bits per heavy atom. The third-order valence-electron chi connectivity index (χ3n) is 6.35. The zero-order chi connectivity index (χ0) is 25.4. The molecule has 0 fully saturated rings. The summed E-state index contributed by atoms with van der Waals surface area (Å²) in [6.07, 6.45) is 1.18. The van der Waals surface area contributed by atoms with E-state index >= 15 is 0 Å². The van der Waals surface area contributed by atoms with Gasteiger partial charge in [0.2, 0.25) is 0 Å². The minimum Gasteiger partial charge on any atom is -0.485 e. The number of rotatable bonds is 13. The van der Waals surface area contributed by atoms with Crippen LogP contribution in [0.3, 0.4) is 0 Å². The van der Waals surface area contributed by atoms with Gasteiger partial charge in [0, 0.05) is 6.54 Å². The summed E-state index contributed by atoms with van der Waals surface area (Å²) < 4.78 is 48.0. The third kappa shape index (κ3) is 7.47. The molecule has 1 heterocycles. The second-order valence-electron chi connectivity index (χ2n) is 9.34. The standard InChI is InChI=1S/C28H38F3N3O/c1-5-7-14-33(15-8-6-2)16-9-17-34-25-12-11-23(28(29,30)31)19-24(25)32-27(34)20-35-26-13-10-21(3)18-22(26)4/h10-13,18-19H,5-9,14-17,20H2,1-4H3. The molecule has 3 aromatic rings. The van der Waals surface area contributed by atoms with E-state index in [2.05, 4.69) is 29.8 Å². The van der Waals surface area contributed by atoms with E-state index in [0.29, 0.717) is 23.4 Å². The molecule has 0 atom stereocenters. The minimum atomic E-state index is -4.40. The molecule has 192 valence electrons. The van der Waals surface area contributed by atoms with Gasteiger partial charge in [-0.15, -0.1) is 0 Å². The van der Waals surface area contributed by atoms with Crippen LogP contribution in [0.4, 0.5) is 13.2 Å². The highest BCUT2D eigenvalue weighted by molar-refractivity contribution is 5.77. The van der Waals surface area contributed by atoms with Crippen molar-refractivity contribution in [2.75, 3.05) is 19.6 Å². The number of nitrogens with zero attached hydrogens (tertiary/aromatic N) is 3. The fourth-order valence-corrected chi connectivity index (χ4v) is 4.37. The van der Waals surface area contributed by atoms with Crippen LogP contribution in [0.2, 0.25) is 0 Å². The van der Waals surface area contributed by atoms with Crippen LogP contribution in [0.1, 0.15) is 68.5 Å². The molecule has 0 N–H and O–H groups in total. The van der Waals surface area contributed by atoms with Crippen molar-refractivity contribution in [1.82, 2.24) is 14.5 Å².